The molecule has 4 nitrogen and oxygen atoms in total. The standard InChI is InChI=1S/C21H24ClN3OS2/c22-18-3-1-14(2-4-18)11-25(19(26)12-27-20-24-23-13-28-20)21-8-15-5-16(9-21)7-17(6-15)10-21/h1-4,13,15-17H,5-12H2. The minimum Gasteiger partial charge on any atom is -0.332 e. The van der Waals surface area contributed by atoms with Crippen molar-refractivity contribution >= 4 is 40.6 Å². The fourth-order valence-electron chi connectivity index (χ4n) is 6.12. The van der Waals surface area contributed by atoms with Gasteiger partial charge in [-0.3, -0.25) is 4.79 Å². The van der Waals surface area contributed by atoms with Crippen molar-refractivity contribution in [1.29, 1.82) is 0 Å². The van der Waals surface area contributed by atoms with Crippen molar-refractivity contribution in [3.05, 3.63) is 40.4 Å². The van der Waals surface area contributed by atoms with Crippen LogP contribution in [0.2, 0.25) is 5.02 Å². The van der Waals surface area contributed by atoms with E-state index in [2.05, 4.69) is 27.2 Å². The number of carbonyl (C=O) groups excluding carboxylic acids is 1. The third-order valence-electron chi connectivity index (χ3n) is 6.79. The van der Waals surface area contributed by atoms with E-state index in [1.807, 2.05) is 12.1 Å². The molecule has 4 aliphatic carbocycles. The Kier molecular flexibility index (Phi) is 5.14. The van der Waals surface area contributed by atoms with Crippen LogP contribution in [0.4, 0.5) is 0 Å². The summed E-state index contributed by atoms with van der Waals surface area (Å²) in [6.07, 6.45) is 7.68. The summed E-state index contributed by atoms with van der Waals surface area (Å²) in [5.74, 6) is 3.09. The van der Waals surface area contributed by atoms with Crippen LogP contribution in [-0.4, -0.2) is 32.3 Å². The van der Waals surface area contributed by atoms with Crippen LogP contribution in [0.1, 0.15) is 44.1 Å². The van der Waals surface area contributed by atoms with Crippen molar-refractivity contribution in [2.45, 2.75) is 54.9 Å². The average molecular weight is 434 g/mol. The van der Waals surface area contributed by atoms with Crippen LogP contribution in [0.15, 0.2) is 34.1 Å². The van der Waals surface area contributed by atoms with Gasteiger partial charge < -0.3 is 4.90 Å². The quantitative estimate of drug-likeness (QED) is 0.581. The molecule has 4 aliphatic rings. The first-order valence-corrected chi connectivity index (χ1v) is 12.3. The van der Waals surface area contributed by atoms with Crippen LogP contribution in [0.25, 0.3) is 0 Å². The summed E-state index contributed by atoms with van der Waals surface area (Å²) < 4.78 is 0.866. The van der Waals surface area contributed by atoms with Crippen molar-refractivity contribution in [3.8, 4) is 0 Å². The Labute approximate surface area is 179 Å². The Bertz CT molecular complexity index is 805. The highest BCUT2D eigenvalue weighted by molar-refractivity contribution is 8.01. The van der Waals surface area contributed by atoms with Crippen molar-refractivity contribution in [1.82, 2.24) is 15.1 Å². The summed E-state index contributed by atoms with van der Waals surface area (Å²) in [6, 6.07) is 7.96. The molecule has 7 heteroatoms. The zero-order valence-corrected chi connectivity index (χ0v) is 18.1. The predicted octanol–water partition coefficient (Wildman–Crippen LogP) is 5.28. The summed E-state index contributed by atoms with van der Waals surface area (Å²) in [5.41, 5.74) is 2.93. The van der Waals surface area contributed by atoms with Gasteiger partial charge in [0.15, 0.2) is 4.34 Å². The minimum atomic E-state index is 0.0488. The minimum absolute atomic E-state index is 0.0488. The van der Waals surface area contributed by atoms with Gasteiger partial charge in [0, 0.05) is 17.1 Å². The van der Waals surface area contributed by atoms with Gasteiger partial charge in [-0.05, 0) is 74.0 Å². The number of aromatic nitrogens is 2. The molecule has 1 heterocycles. The van der Waals surface area contributed by atoms with Gasteiger partial charge in [0.1, 0.15) is 5.51 Å². The SMILES string of the molecule is O=C(CSc1nncs1)N(Cc1ccc(Cl)cc1)C12CC3CC(CC(C3)C1)C2. The molecule has 1 aromatic heterocycles. The Morgan fingerprint density at radius 1 is 1.14 bits per heavy atom. The van der Waals surface area contributed by atoms with Crippen LogP contribution in [-0.2, 0) is 11.3 Å². The molecule has 4 fully saturated rings. The number of nitrogens with zero attached hydrogens (tertiary/aromatic N) is 3. The highest BCUT2D eigenvalue weighted by atomic mass is 35.5. The second kappa shape index (κ2) is 7.62. The van der Waals surface area contributed by atoms with Gasteiger partial charge in [-0.25, -0.2) is 0 Å². The lowest BCUT2D eigenvalue weighted by Crippen LogP contribution is -2.61. The molecule has 6 rings (SSSR count). The zero-order valence-electron chi connectivity index (χ0n) is 15.7. The van der Waals surface area contributed by atoms with Crippen LogP contribution in [0, 0.1) is 17.8 Å². The summed E-state index contributed by atoms with van der Waals surface area (Å²) in [7, 11) is 0. The number of carbonyl (C=O) groups is 1. The molecule has 4 bridgehead atoms. The number of hydrogen-bond donors (Lipinski definition) is 0. The number of thioether (sulfide) groups is 1. The molecule has 4 saturated carbocycles. The fraction of sp³-hybridized carbons (Fsp3) is 0.571. The fourth-order valence-corrected chi connectivity index (χ4v) is 7.61. The molecule has 28 heavy (non-hydrogen) atoms. The van der Waals surface area contributed by atoms with E-state index in [0.29, 0.717) is 12.3 Å². The third kappa shape index (κ3) is 3.71. The first-order valence-electron chi connectivity index (χ1n) is 10.0. The monoisotopic (exact) mass is 433 g/mol. The van der Waals surface area contributed by atoms with Gasteiger partial charge in [0.25, 0.3) is 0 Å². The lowest BCUT2D eigenvalue weighted by atomic mass is 9.52. The van der Waals surface area contributed by atoms with Crippen LogP contribution < -0.4 is 0 Å². The van der Waals surface area contributed by atoms with Gasteiger partial charge >= 0.3 is 0 Å². The van der Waals surface area contributed by atoms with Gasteiger partial charge in [-0.1, -0.05) is 46.8 Å². The highest BCUT2D eigenvalue weighted by Gasteiger charge is 2.54. The molecular formula is C21H24ClN3OS2. The van der Waals surface area contributed by atoms with E-state index >= 15 is 0 Å². The Morgan fingerprint density at radius 3 is 2.36 bits per heavy atom. The smallest absolute Gasteiger partial charge is 0.233 e. The Morgan fingerprint density at radius 2 is 1.79 bits per heavy atom. The van der Waals surface area contributed by atoms with Gasteiger partial charge in [0.2, 0.25) is 5.91 Å². The molecule has 0 atom stereocenters. The molecule has 0 spiro atoms. The van der Waals surface area contributed by atoms with E-state index in [4.69, 9.17) is 11.6 Å². The summed E-state index contributed by atoms with van der Waals surface area (Å²) >= 11 is 9.09. The molecule has 1 amide bonds. The number of rotatable bonds is 6. The van der Waals surface area contributed by atoms with Gasteiger partial charge in [-0.15, -0.1) is 10.2 Å². The molecule has 0 unspecified atom stereocenters. The van der Waals surface area contributed by atoms with Crippen LogP contribution in [0.5, 0.6) is 0 Å². The molecule has 2 aromatic rings. The molecule has 0 radical (unpaired) electrons. The second-order valence-electron chi connectivity index (χ2n) is 8.74. The lowest BCUT2D eigenvalue weighted by Gasteiger charge is -2.60. The first-order chi connectivity index (χ1) is 13.6. The number of halogens is 1. The molecule has 0 aliphatic heterocycles. The summed E-state index contributed by atoms with van der Waals surface area (Å²) in [5, 5.41) is 8.70. The number of amides is 1. The van der Waals surface area contributed by atoms with E-state index in [1.54, 1.807) is 5.51 Å². The first kappa shape index (κ1) is 18.9. The van der Waals surface area contributed by atoms with Crippen LogP contribution >= 0.6 is 34.7 Å². The van der Waals surface area contributed by atoms with Crippen molar-refractivity contribution in [2.75, 3.05) is 5.75 Å². The second-order valence-corrected chi connectivity index (χ2v) is 11.2. The van der Waals surface area contributed by atoms with Crippen molar-refractivity contribution in [3.63, 3.8) is 0 Å². The summed E-state index contributed by atoms with van der Waals surface area (Å²) in [4.78, 5) is 15.7. The third-order valence-corrected chi connectivity index (χ3v) is 8.89. The maximum Gasteiger partial charge on any atom is 0.233 e. The highest BCUT2D eigenvalue weighted by Crippen LogP contribution is 2.58. The van der Waals surface area contributed by atoms with E-state index < -0.39 is 0 Å². The maximum absolute atomic E-state index is 13.5. The predicted molar refractivity (Wildman–Crippen MR) is 114 cm³/mol. The molecule has 148 valence electrons. The van der Waals surface area contributed by atoms with E-state index in [1.165, 1.54) is 61.6 Å². The Balaban J connectivity index is 1.40. The largest absolute Gasteiger partial charge is 0.332 e. The maximum atomic E-state index is 13.5. The average Bonchev–Trinajstić information content (AvgIpc) is 3.18. The number of hydrogen-bond acceptors (Lipinski definition) is 5. The zero-order chi connectivity index (χ0) is 19.1. The van der Waals surface area contributed by atoms with E-state index in [0.717, 1.165) is 32.7 Å². The van der Waals surface area contributed by atoms with Gasteiger partial charge in [0.05, 0.1) is 5.75 Å². The Hall–Kier alpha value is -1.11. The number of benzene rings is 1. The van der Waals surface area contributed by atoms with Gasteiger partial charge in [-0.2, -0.15) is 0 Å². The molecule has 0 N–H and O–H groups in total. The topological polar surface area (TPSA) is 46.1 Å². The van der Waals surface area contributed by atoms with Crippen molar-refractivity contribution < 1.29 is 4.79 Å². The molecular weight excluding hydrogens is 410 g/mol. The van der Waals surface area contributed by atoms with E-state index in [-0.39, 0.29) is 11.4 Å². The van der Waals surface area contributed by atoms with Crippen molar-refractivity contribution in [2.24, 2.45) is 17.8 Å². The molecule has 1 aromatic carbocycles. The lowest BCUT2D eigenvalue weighted by molar-refractivity contribution is -0.149. The van der Waals surface area contributed by atoms with E-state index in [9.17, 15) is 4.79 Å². The van der Waals surface area contributed by atoms with Crippen LogP contribution in [0.3, 0.4) is 0 Å². The summed E-state index contributed by atoms with van der Waals surface area (Å²) in [6.45, 7) is 0.679. The molecule has 0 saturated heterocycles. The normalized spacial score (nSPS) is 30.5.